The number of carbonyl (C=O) groups excluding carboxylic acids is 4. The number of fused-ring (bicyclic) bond motifs is 1. The minimum Gasteiger partial charge on any atom is -0.465 e. The number of hydrogen-bond acceptors (Lipinski definition) is 7. The summed E-state index contributed by atoms with van der Waals surface area (Å²) in [5, 5.41) is 0.960. The van der Waals surface area contributed by atoms with Crippen LogP contribution in [0.15, 0.2) is 59.5 Å². The molecular formula is C22H17N3O5S2. The van der Waals surface area contributed by atoms with Crippen LogP contribution in [0.5, 0.6) is 0 Å². The summed E-state index contributed by atoms with van der Waals surface area (Å²) in [5.41, 5.74) is 4.00. The number of ether oxygens (including phenoxy) is 1. The summed E-state index contributed by atoms with van der Waals surface area (Å²) in [6.45, 7) is 1.59. The summed E-state index contributed by atoms with van der Waals surface area (Å²) in [5.74, 6) is -2.18. The molecule has 8 nitrogen and oxygen atoms in total. The zero-order chi connectivity index (χ0) is 22.8. The van der Waals surface area contributed by atoms with Gasteiger partial charge in [-0.1, -0.05) is 48.2 Å². The van der Waals surface area contributed by atoms with Crippen LogP contribution < -0.4 is 10.3 Å². The summed E-state index contributed by atoms with van der Waals surface area (Å²) in [6.07, 6.45) is 0. The monoisotopic (exact) mass is 467 g/mol. The fourth-order valence-corrected chi connectivity index (χ4v) is 4.61. The predicted octanol–water partition coefficient (Wildman–Crippen LogP) is 2.51. The molecule has 10 heteroatoms. The Bertz CT molecular complexity index is 1180. The quantitative estimate of drug-likeness (QED) is 0.410. The van der Waals surface area contributed by atoms with Gasteiger partial charge < -0.3 is 4.74 Å². The SMILES string of the molecule is CCOC(=O)CN1C(=O)C(=C2SC(=S)N(NC(=O)c3ccccc3)C2=O)c2ccccc21. The first kappa shape index (κ1) is 21.7. The van der Waals surface area contributed by atoms with Gasteiger partial charge in [0.25, 0.3) is 17.7 Å². The van der Waals surface area contributed by atoms with E-state index in [1.54, 1.807) is 61.5 Å². The Kier molecular flexibility index (Phi) is 6.06. The van der Waals surface area contributed by atoms with E-state index >= 15 is 0 Å². The molecule has 2 aromatic carbocycles. The first-order valence-electron chi connectivity index (χ1n) is 9.65. The van der Waals surface area contributed by atoms with Crippen molar-refractivity contribution >= 4 is 63.3 Å². The number of esters is 1. The number of benzene rings is 2. The number of anilines is 1. The van der Waals surface area contributed by atoms with Gasteiger partial charge in [0.15, 0.2) is 4.32 Å². The average Bonchev–Trinajstić information content (AvgIpc) is 3.22. The summed E-state index contributed by atoms with van der Waals surface area (Å²) >= 11 is 6.21. The molecular weight excluding hydrogens is 450 g/mol. The van der Waals surface area contributed by atoms with Gasteiger partial charge in [0.2, 0.25) is 0 Å². The highest BCUT2D eigenvalue weighted by Crippen LogP contribution is 2.44. The van der Waals surface area contributed by atoms with Crippen LogP contribution in [0.4, 0.5) is 5.69 Å². The standard InChI is InChI=1S/C22H17N3O5S2/c1-2-30-16(26)12-24-15-11-7-6-10-14(15)17(20(24)28)18-21(29)25(22(31)32-18)23-19(27)13-8-4-3-5-9-13/h3-11H,2,12H2,1H3,(H,23,27). The highest BCUT2D eigenvalue weighted by Gasteiger charge is 2.43. The van der Waals surface area contributed by atoms with Gasteiger partial charge in [-0.25, -0.2) is 0 Å². The lowest BCUT2D eigenvalue weighted by molar-refractivity contribution is -0.142. The van der Waals surface area contributed by atoms with Crippen molar-refractivity contribution in [1.82, 2.24) is 10.4 Å². The third-order valence-corrected chi connectivity index (χ3v) is 6.13. The molecule has 0 spiro atoms. The van der Waals surface area contributed by atoms with E-state index in [-0.39, 0.29) is 28.0 Å². The first-order chi connectivity index (χ1) is 15.4. The second-order valence-electron chi connectivity index (χ2n) is 6.73. The van der Waals surface area contributed by atoms with E-state index in [2.05, 4.69) is 5.43 Å². The Hall–Kier alpha value is -3.50. The molecule has 4 rings (SSSR count). The van der Waals surface area contributed by atoms with Gasteiger partial charge in [-0.15, -0.1) is 0 Å². The van der Waals surface area contributed by atoms with Crippen LogP contribution in [0.3, 0.4) is 0 Å². The number of nitrogens with one attached hydrogen (secondary N) is 1. The first-order valence-corrected chi connectivity index (χ1v) is 10.9. The van der Waals surface area contributed by atoms with Crippen molar-refractivity contribution in [3.8, 4) is 0 Å². The molecule has 1 N–H and O–H groups in total. The number of nitrogens with zero attached hydrogens (tertiary/aromatic N) is 2. The zero-order valence-electron chi connectivity index (χ0n) is 16.9. The molecule has 0 bridgehead atoms. The predicted molar refractivity (Wildman–Crippen MR) is 123 cm³/mol. The maximum atomic E-state index is 13.2. The molecule has 3 amide bonds. The Labute approximate surface area is 193 Å². The summed E-state index contributed by atoms with van der Waals surface area (Å²) < 4.78 is 5.06. The van der Waals surface area contributed by atoms with E-state index in [0.29, 0.717) is 16.8 Å². The van der Waals surface area contributed by atoms with Crippen molar-refractivity contribution in [2.24, 2.45) is 0 Å². The normalized spacial score (nSPS) is 17.6. The van der Waals surface area contributed by atoms with Gasteiger partial charge in [-0.3, -0.25) is 29.5 Å². The van der Waals surface area contributed by atoms with Crippen molar-refractivity contribution in [1.29, 1.82) is 0 Å². The number of amides is 3. The van der Waals surface area contributed by atoms with E-state index in [9.17, 15) is 19.2 Å². The summed E-state index contributed by atoms with van der Waals surface area (Å²) in [6, 6.07) is 15.2. The smallest absolute Gasteiger partial charge is 0.326 e. The van der Waals surface area contributed by atoms with Crippen molar-refractivity contribution in [2.45, 2.75) is 6.92 Å². The zero-order valence-corrected chi connectivity index (χ0v) is 18.5. The van der Waals surface area contributed by atoms with Gasteiger partial charge in [-0.05, 0) is 37.3 Å². The highest BCUT2D eigenvalue weighted by atomic mass is 32.2. The van der Waals surface area contributed by atoms with Crippen molar-refractivity contribution in [3.05, 3.63) is 70.6 Å². The Balaban J connectivity index is 1.66. The molecule has 0 unspecified atom stereocenters. The molecule has 0 aliphatic carbocycles. The minimum atomic E-state index is -0.611. The van der Waals surface area contributed by atoms with Crippen LogP contribution in [-0.2, 0) is 19.1 Å². The molecule has 2 heterocycles. The van der Waals surface area contributed by atoms with Crippen LogP contribution in [-0.4, -0.2) is 46.2 Å². The Morgan fingerprint density at radius 1 is 1.03 bits per heavy atom. The van der Waals surface area contributed by atoms with Gasteiger partial charge in [0.1, 0.15) is 6.54 Å². The van der Waals surface area contributed by atoms with E-state index in [0.717, 1.165) is 16.8 Å². The number of thiocarbonyl (C=S) groups is 1. The van der Waals surface area contributed by atoms with Crippen molar-refractivity contribution in [2.75, 3.05) is 18.1 Å². The molecule has 0 radical (unpaired) electrons. The number of para-hydroxylation sites is 1. The van der Waals surface area contributed by atoms with Crippen LogP contribution >= 0.6 is 24.0 Å². The number of rotatable bonds is 5. The van der Waals surface area contributed by atoms with Crippen LogP contribution in [0, 0.1) is 0 Å². The van der Waals surface area contributed by atoms with Gasteiger partial charge in [0.05, 0.1) is 22.8 Å². The maximum absolute atomic E-state index is 13.2. The minimum absolute atomic E-state index is 0.0900. The fourth-order valence-electron chi connectivity index (χ4n) is 3.36. The molecule has 2 aliphatic rings. The number of hydrogen-bond donors (Lipinski definition) is 1. The fraction of sp³-hybridized carbons (Fsp3) is 0.136. The number of hydrazine groups is 1. The molecule has 0 aromatic heterocycles. The maximum Gasteiger partial charge on any atom is 0.326 e. The molecule has 162 valence electrons. The van der Waals surface area contributed by atoms with Gasteiger partial charge in [0, 0.05) is 11.1 Å². The van der Waals surface area contributed by atoms with E-state index in [1.807, 2.05) is 0 Å². The number of carbonyl (C=O) groups is 4. The molecule has 0 saturated carbocycles. The molecule has 1 saturated heterocycles. The number of thioether (sulfide) groups is 1. The Morgan fingerprint density at radius 2 is 1.72 bits per heavy atom. The molecule has 2 aliphatic heterocycles. The second-order valence-corrected chi connectivity index (χ2v) is 8.38. The molecule has 0 atom stereocenters. The topological polar surface area (TPSA) is 96.0 Å². The lowest BCUT2D eigenvalue weighted by Gasteiger charge is -2.16. The van der Waals surface area contributed by atoms with Crippen LogP contribution in [0.25, 0.3) is 5.57 Å². The average molecular weight is 468 g/mol. The van der Waals surface area contributed by atoms with Gasteiger partial charge in [-0.2, -0.15) is 5.01 Å². The van der Waals surface area contributed by atoms with E-state index < -0.39 is 23.7 Å². The molecule has 32 heavy (non-hydrogen) atoms. The third kappa shape index (κ3) is 3.90. The lowest BCUT2D eigenvalue weighted by atomic mass is 10.1. The van der Waals surface area contributed by atoms with Gasteiger partial charge >= 0.3 is 5.97 Å². The van der Waals surface area contributed by atoms with Crippen molar-refractivity contribution in [3.63, 3.8) is 0 Å². The second kappa shape index (κ2) is 8.93. The lowest BCUT2D eigenvalue weighted by Crippen LogP contribution is -2.45. The largest absolute Gasteiger partial charge is 0.465 e. The highest BCUT2D eigenvalue weighted by molar-refractivity contribution is 8.26. The molecule has 2 aromatic rings. The van der Waals surface area contributed by atoms with Crippen LogP contribution in [0.1, 0.15) is 22.8 Å². The van der Waals surface area contributed by atoms with E-state index in [1.165, 1.54) is 4.90 Å². The Morgan fingerprint density at radius 3 is 2.44 bits per heavy atom. The van der Waals surface area contributed by atoms with E-state index in [4.69, 9.17) is 17.0 Å². The molecule has 1 fully saturated rings. The van der Waals surface area contributed by atoms with Crippen LogP contribution in [0.2, 0.25) is 0 Å². The summed E-state index contributed by atoms with van der Waals surface area (Å²) in [4.78, 5) is 52.3. The van der Waals surface area contributed by atoms with Crippen molar-refractivity contribution < 1.29 is 23.9 Å². The third-order valence-electron chi connectivity index (χ3n) is 4.76. The summed E-state index contributed by atoms with van der Waals surface area (Å²) in [7, 11) is 0.